The number of benzene rings is 2. The lowest BCUT2D eigenvalue weighted by atomic mass is 9.43. The van der Waals surface area contributed by atoms with Gasteiger partial charge in [-0.3, -0.25) is 0 Å². The third-order valence-corrected chi connectivity index (χ3v) is 9.89. The van der Waals surface area contributed by atoms with Crippen LogP contribution in [0.25, 0.3) is 11.1 Å². The fraction of sp³-hybridized carbons (Fsp3) is 0.536. The first-order valence-electron chi connectivity index (χ1n) is 12.2. The first-order chi connectivity index (χ1) is 14.8. The maximum absolute atomic E-state index is 6.40. The molecule has 5 aliphatic carbocycles. The first kappa shape index (κ1) is 18.8. The van der Waals surface area contributed by atoms with Crippen LogP contribution in [0.1, 0.15) is 64.0 Å². The van der Waals surface area contributed by atoms with Gasteiger partial charge in [-0.05, 0) is 97.3 Å². The summed E-state index contributed by atoms with van der Waals surface area (Å²) in [5, 5.41) is 0. The van der Waals surface area contributed by atoms with Gasteiger partial charge in [-0.15, -0.1) is 0 Å². The SMILES string of the molecule is [CH2+]C1(C)OB(c2ccc3c(c2)C2(c4ccccc4-3)C3CC4CC(C3)CC2C4)OC1(C)C. The highest BCUT2D eigenvalue weighted by molar-refractivity contribution is 6.62. The molecule has 5 fully saturated rings. The molecule has 1 unspecified atom stereocenters. The molecular formula is C28H32BO2+. The van der Waals surface area contributed by atoms with Crippen LogP contribution < -0.4 is 5.46 Å². The van der Waals surface area contributed by atoms with E-state index in [2.05, 4.69) is 63.2 Å². The Kier molecular flexibility index (Phi) is 3.52. The Morgan fingerprint density at radius 1 is 0.806 bits per heavy atom. The molecule has 8 rings (SSSR count). The van der Waals surface area contributed by atoms with E-state index in [0.29, 0.717) is 0 Å². The molecule has 1 saturated heterocycles. The van der Waals surface area contributed by atoms with Crippen molar-refractivity contribution in [3.8, 4) is 11.1 Å². The molecule has 2 aromatic carbocycles. The van der Waals surface area contributed by atoms with Crippen molar-refractivity contribution < 1.29 is 9.31 Å². The lowest BCUT2D eigenvalue weighted by molar-refractivity contribution is -0.0399. The third-order valence-electron chi connectivity index (χ3n) is 9.89. The summed E-state index contributed by atoms with van der Waals surface area (Å²) in [6, 6.07) is 16.3. The van der Waals surface area contributed by atoms with E-state index in [1.807, 2.05) is 6.92 Å². The Labute approximate surface area is 186 Å². The van der Waals surface area contributed by atoms with Gasteiger partial charge in [-0.25, -0.2) is 0 Å². The normalized spacial score (nSPS) is 41.1. The summed E-state index contributed by atoms with van der Waals surface area (Å²) >= 11 is 0. The molecule has 0 radical (unpaired) electrons. The van der Waals surface area contributed by atoms with E-state index in [4.69, 9.17) is 9.31 Å². The van der Waals surface area contributed by atoms with Crippen molar-refractivity contribution in [3.05, 3.63) is 60.5 Å². The smallest absolute Gasteiger partial charge is 0.395 e. The van der Waals surface area contributed by atoms with Gasteiger partial charge < -0.3 is 9.31 Å². The average molecular weight is 411 g/mol. The Balaban J connectivity index is 1.40. The van der Waals surface area contributed by atoms with Crippen LogP contribution in [0.4, 0.5) is 0 Å². The Morgan fingerprint density at radius 3 is 2.10 bits per heavy atom. The van der Waals surface area contributed by atoms with Crippen LogP contribution in [-0.4, -0.2) is 18.3 Å². The van der Waals surface area contributed by atoms with Gasteiger partial charge in [0.1, 0.15) is 5.60 Å². The summed E-state index contributed by atoms with van der Waals surface area (Å²) in [4.78, 5) is 0. The van der Waals surface area contributed by atoms with Gasteiger partial charge in [0.25, 0.3) is 0 Å². The molecule has 158 valence electrons. The number of hydrogen-bond acceptors (Lipinski definition) is 2. The maximum atomic E-state index is 6.40. The fourth-order valence-electron chi connectivity index (χ4n) is 8.25. The molecule has 0 amide bonds. The summed E-state index contributed by atoms with van der Waals surface area (Å²) in [6.45, 7) is 10.5. The summed E-state index contributed by atoms with van der Waals surface area (Å²) in [5.74, 6) is 3.48. The summed E-state index contributed by atoms with van der Waals surface area (Å²) in [5.41, 5.74) is 6.44. The molecule has 0 N–H and O–H groups in total. The molecule has 1 atom stereocenters. The standard InChI is InChI=1S/C28H32BO2/c1-26(2)27(3,4)31-29(30-26)21-9-10-23-22-7-5-6-8-24(22)28(25(23)16-21)19-12-17-11-18(14-19)15-20(28)13-17/h5-10,16-20H,1,11-15H2,2-4H3/q+1. The zero-order valence-corrected chi connectivity index (χ0v) is 19.0. The monoisotopic (exact) mass is 411 g/mol. The van der Waals surface area contributed by atoms with E-state index in [1.165, 1.54) is 43.2 Å². The number of hydrogen-bond donors (Lipinski definition) is 0. The van der Waals surface area contributed by atoms with Crippen molar-refractivity contribution in [2.24, 2.45) is 23.7 Å². The lowest BCUT2D eigenvalue weighted by Gasteiger charge is -2.61. The van der Waals surface area contributed by atoms with Gasteiger partial charge in [0.05, 0.1) is 6.92 Å². The van der Waals surface area contributed by atoms with Crippen LogP contribution in [0.15, 0.2) is 42.5 Å². The van der Waals surface area contributed by atoms with Crippen LogP contribution in [0.5, 0.6) is 0 Å². The molecule has 31 heavy (non-hydrogen) atoms. The number of fused-ring (bicyclic) bond motifs is 3. The van der Waals surface area contributed by atoms with E-state index in [1.54, 1.807) is 11.1 Å². The third kappa shape index (κ3) is 2.25. The molecule has 1 aliphatic heterocycles. The van der Waals surface area contributed by atoms with E-state index in [0.717, 1.165) is 29.1 Å². The molecule has 2 nitrogen and oxygen atoms in total. The van der Waals surface area contributed by atoms with Crippen molar-refractivity contribution in [1.29, 1.82) is 0 Å². The number of rotatable bonds is 1. The minimum absolute atomic E-state index is 0.192. The maximum Gasteiger partial charge on any atom is 0.498 e. The first-order valence-corrected chi connectivity index (χ1v) is 12.2. The van der Waals surface area contributed by atoms with Gasteiger partial charge >= 0.3 is 7.12 Å². The molecule has 6 aliphatic rings. The summed E-state index contributed by atoms with van der Waals surface area (Å²) in [7, 11) is -0.347. The largest absolute Gasteiger partial charge is 0.498 e. The van der Waals surface area contributed by atoms with Gasteiger partial charge in [0.15, 0.2) is 0 Å². The van der Waals surface area contributed by atoms with Crippen molar-refractivity contribution >= 4 is 12.6 Å². The van der Waals surface area contributed by atoms with E-state index in [9.17, 15) is 0 Å². The minimum atomic E-state index is -0.556. The van der Waals surface area contributed by atoms with Crippen molar-refractivity contribution in [2.45, 2.75) is 69.5 Å². The minimum Gasteiger partial charge on any atom is -0.395 e. The van der Waals surface area contributed by atoms with Crippen LogP contribution >= 0.6 is 0 Å². The van der Waals surface area contributed by atoms with Gasteiger partial charge in [-0.2, -0.15) is 0 Å². The topological polar surface area (TPSA) is 18.5 Å². The van der Waals surface area contributed by atoms with Crippen LogP contribution in [0.2, 0.25) is 0 Å². The fourth-order valence-corrected chi connectivity index (χ4v) is 8.25. The second-order valence-electron chi connectivity index (χ2n) is 11.8. The van der Waals surface area contributed by atoms with Crippen molar-refractivity contribution in [2.75, 3.05) is 0 Å². The molecule has 4 saturated carbocycles. The van der Waals surface area contributed by atoms with Gasteiger partial charge in [0.2, 0.25) is 5.60 Å². The summed E-state index contributed by atoms with van der Waals surface area (Å²) in [6.07, 6.45) is 7.12. The second kappa shape index (κ2) is 5.80. The molecule has 2 aromatic rings. The Hall–Kier alpha value is -1.71. The Bertz CT molecular complexity index is 1040. The summed E-state index contributed by atoms with van der Waals surface area (Å²) < 4.78 is 12.7. The van der Waals surface area contributed by atoms with Crippen LogP contribution in [0, 0.1) is 30.6 Å². The highest BCUT2D eigenvalue weighted by Crippen LogP contribution is 2.69. The van der Waals surface area contributed by atoms with E-state index < -0.39 is 11.2 Å². The molecule has 3 heteroatoms. The molecule has 0 aromatic heterocycles. The van der Waals surface area contributed by atoms with Crippen molar-refractivity contribution in [3.63, 3.8) is 0 Å². The zero-order chi connectivity index (χ0) is 21.2. The zero-order valence-electron chi connectivity index (χ0n) is 19.0. The predicted octanol–water partition coefficient (Wildman–Crippen LogP) is 5.52. The molecule has 4 bridgehead atoms. The average Bonchev–Trinajstić information content (AvgIpc) is 3.13. The van der Waals surface area contributed by atoms with Crippen LogP contribution in [0.3, 0.4) is 0 Å². The quantitative estimate of drug-likeness (QED) is 0.454. The molecule has 1 heterocycles. The van der Waals surface area contributed by atoms with E-state index >= 15 is 0 Å². The van der Waals surface area contributed by atoms with Crippen molar-refractivity contribution in [1.82, 2.24) is 0 Å². The highest BCUT2D eigenvalue weighted by Gasteiger charge is 2.62. The van der Waals surface area contributed by atoms with E-state index in [-0.39, 0.29) is 12.5 Å². The van der Waals surface area contributed by atoms with Gasteiger partial charge in [0, 0.05) is 12.3 Å². The molecular weight excluding hydrogens is 379 g/mol. The lowest BCUT2D eigenvalue weighted by Crippen LogP contribution is -2.55. The Morgan fingerprint density at radius 2 is 1.45 bits per heavy atom. The predicted molar refractivity (Wildman–Crippen MR) is 125 cm³/mol. The highest BCUT2D eigenvalue weighted by atomic mass is 16.7. The van der Waals surface area contributed by atoms with Crippen LogP contribution in [-0.2, 0) is 14.7 Å². The molecule has 1 spiro atoms. The second-order valence-corrected chi connectivity index (χ2v) is 11.8. The van der Waals surface area contributed by atoms with Gasteiger partial charge in [-0.1, -0.05) is 42.5 Å².